The van der Waals surface area contributed by atoms with Crippen molar-refractivity contribution in [3.8, 4) is 0 Å². The van der Waals surface area contributed by atoms with Crippen molar-refractivity contribution in [3.05, 3.63) is 28.8 Å². The number of anilines is 1. The van der Waals surface area contributed by atoms with Gasteiger partial charge in [0.2, 0.25) is 0 Å². The zero-order valence-electron chi connectivity index (χ0n) is 11.1. The Morgan fingerprint density at radius 2 is 1.62 bits per heavy atom. The third-order valence-corrected chi connectivity index (χ3v) is 2.93. The lowest BCUT2D eigenvalue weighted by molar-refractivity contribution is 0.491. The van der Waals surface area contributed by atoms with Crippen LogP contribution >= 0.6 is 0 Å². The summed E-state index contributed by atoms with van der Waals surface area (Å²) in [4.78, 5) is 0. The highest BCUT2D eigenvalue weighted by atomic mass is 14.9. The van der Waals surface area contributed by atoms with Gasteiger partial charge in [-0.25, -0.2) is 0 Å². The lowest BCUT2D eigenvalue weighted by atomic mass is 10.0. The molecule has 16 heavy (non-hydrogen) atoms. The van der Waals surface area contributed by atoms with Crippen LogP contribution < -0.4 is 11.1 Å². The van der Waals surface area contributed by atoms with Crippen LogP contribution in [0.4, 0.5) is 5.69 Å². The van der Waals surface area contributed by atoms with Crippen LogP contribution in [0.1, 0.15) is 37.0 Å². The van der Waals surface area contributed by atoms with Gasteiger partial charge < -0.3 is 11.1 Å². The summed E-state index contributed by atoms with van der Waals surface area (Å²) < 4.78 is 0. The molecule has 0 spiro atoms. The Morgan fingerprint density at radius 1 is 1.06 bits per heavy atom. The fourth-order valence-corrected chi connectivity index (χ4v) is 1.67. The molecule has 90 valence electrons. The van der Waals surface area contributed by atoms with Crippen LogP contribution in [0.15, 0.2) is 12.1 Å². The van der Waals surface area contributed by atoms with Crippen molar-refractivity contribution in [2.24, 2.45) is 5.73 Å². The number of aryl methyl sites for hydroxylation is 3. The maximum absolute atomic E-state index is 5.95. The molecule has 0 saturated heterocycles. The van der Waals surface area contributed by atoms with Crippen LogP contribution in [0.2, 0.25) is 0 Å². The Bertz CT molecular complexity index is 362. The first-order chi connectivity index (χ1) is 7.29. The van der Waals surface area contributed by atoms with Gasteiger partial charge in [0.15, 0.2) is 0 Å². The number of nitrogens with one attached hydrogen (secondary N) is 1. The lowest BCUT2D eigenvalue weighted by Gasteiger charge is -2.20. The largest absolute Gasteiger partial charge is 0.385 e. The monoisotopic (exact) mass is 220 g/mol. The Labute approximate surface area is 99.2 Å². The summed E-state index contributed by atoms with van der Waals surface area (Å²) in [5.41, 5.74) is 11.1. The summed E-state index contributed by atoms with van der Waals surface area (Å²) in [5, 5.41) is 3.46. The molecule has 0 aromatic heterocycles. The average Bonchev–Trinajstić information content (AvgIpc) is 2.11. The van der Waals surface area contributed by atoms with Crippen molar-refractivity contribution in [1.29, 1.82) is 0 Å². The smallest absolute Gasteiger partial charge is 0.0372 e. The highest BCUT2D eigenvalue weighted by Crippen LogP contribution is 2.20. The maximum Gasteiger partial charge on any atom is 0.0372 e. The van der Waals surface area contributed by atoms with E-state index in [4.69, 9.17) is 5.73 Å². The molecule has 0 aliphatic rings. The van der Waals surface area contributed by atoms with Gasteiger partial charge in [0.1, 0.15) is 0 Å². The van der Waals surface area contributed by atoms with E-state index >= 15 is 0 Å². The summed E-state index contributed by atoms with van der Waals surface area (Å²) >= 11 is 0. The molecule has 2 heteroatoms. The number of hydrogen-bond acceptors (Lipinski definition) is 2. The first-order valence-electron chi connectivity index (χ1n) is 5.90. The minimum Gasteiger partial charge on any atom is -0.385 e. The molecule has 0 saturated carbocycles. The van der Waals surface area contributed by atoms with Crippen molar-refractivity contribution >= 4 is 5.69 Å². The van der Waals surface area contributed by atoms with Crippen molar-refractivity contribution in [3.63, 3.8) is 0 Å². The van der Waals surface area contributed by atoms with Crippen LogP contribution in [0.25, 0.3) is 0 Å². The van der Waals surface area contributed by atoms with Gasteiger partial charge >= 0.3 is 0 Å². The third-order valence-electron chi connectivity index (χ3n) is 2.93. The molecule has 0 bridgehead atoms. The first kappa shape index (κ1) is 13.0. The molecule has 1 aromatic carbocycles. The number of nitrogens with two attached hydrogens (primary N) is 1. The second-order valence-corrected chi connectivity index (χ2v) is 5.42. The van der Waals surface area contributed by atoms with E-state index in [9.17, 15) is 0 Å². The molecule has 1 rings (SSSR count). The van der Waals surface area contributed by atoms with E-state index in [1.54, 1.807) is 0 Å². The molecule has 0 atom stereocenters. The van der Waals surface area contributed by atoms with Crippen molar-refractivity contribution in [1.82, 2.24) is 0 Å². The van der Waals surface area contributed by atoms with Crippen LogP contribution in [0.3, 0.4) is 0 Å². The summed E-state index contributed by atoms with van der Waals surface area (Å²) in [6, 6.07) is 4.44. The molecule has 0 unspecified atom stereocenters. The van der Waals surface area contributed by atoms with Gasteiger partial charge in [0.25, 0.3) is 0 Å². The number of benzene rings is 1. The highest BCUT2D eigenvalue weighted by molar-refractivity contribution is 5.54. The minimum absolute atomic E-state index is 0.0966. The summed E-state index contributed by atoms with van der Waals surface area (Å²) in [6.07, 6.45) is 0.972. The van der Waals surface area contributed by atoms with E-state index in [-0.39, 0.29) is 5.54 Å². The van der Waals surface area contributed by atoms with Crippen molar-refractivity contribution in [2.75, 3.05) is 11.9 Å². The van der Waals surface area contributed by atoms with Gasteiger partial charge in [-0.15, -0.1) is 0 Å². The zero-order valence-corrected chi connectivity index (χ0v) is 11.1. The van der Waals surface area contributed by atoms with Gasteiger partial charge in [0.05, 0.1) is 0 Å². The molecule has 0 aliphatic carbocycles. The molecule has 1 aromatic rings. The average molecular weight is 220 g/mol. The van der Waals surface area contributed by atoms with E-state index in [1.807, 2.05) is 0 Å². The molecule has 0 heterocycles. The van der Waals surface area contributed by atoms with Crippen molar-refractivity contribution in [2.45, 2.75) is 46.6 Å². The van der Waals surface area contributed by atoms with Gasteiger partial charge in [-0.3, -0.25) is 0 Å². The van der Waals surface area contributed by atoms with Gasteiger partial charge in [0, 0.05) is 17.8 Å². The Kier molecular flexibility index (Phi) is 3.98. The molecule has 0 fully saturated rings. The van der Waals surface area contributed by atoms with Crippen LogP contribution in [0.5, 0.6) is 0 Å². The Balaban J connectivity index is 2.64. The van der Waals surface area contributed by atoms with E-state index in [2.05, 4.69) is 52.1 Å². The third kappa shape index (κ3) is 3.86. The van der Waals surface area contributed by atoms with E-state index in [0.717, 1.165) is 13.0 Å². The molecular formula is C14H24N2. The summed E-state index contributed by atoms with van der Waals surface area (Å²) in [7, 11) is 0. The predicted octanol–water partition coefficient (Wildman–Crippen LogP) is 3.15. The second kappa shape index (κ2) is 4.88. The van der Waals surface area contributed by atoms with Crippen LogP contribution in [0, 0.1) is 20.8 Å². The summed E-state index contributed by atoms with van der Waals surface area (Å²) in [6.45, 7) is 11.5. The van der Waals surface area contributed by atoms with E-state index < -0.39 is 0 Å². The normalized spacial score (nSPS) is 11.6. The highest BCUT2D eigenvalue weighted by Gasteiger charge is 2.10. The van der Waals surface area contributed by atoms with Crippen LogP contribution in [-0.2, 0) is 0 Å². The Hall–Kier alpha value is -1.02. The number of rotatable bonds is 4. The minimum atomic E-state index is -0.0966. The molecule has 3 N–H and O–H groups in total. The topological polar surface area (TPSA) is 38.0 Å². The fraction of sp³-hybridized carbons (Fsp3) is 0.571. The van der Waals surface area contributed by atoms with E-state index in [0.29, 0.717) is 0 Å². The standard InChI is InChI=1S/C14H24N2/c1-10-8-12(3)13(9-11(10)2)16-7-6-14(4,5)15/h8-9,16H,6-7,15H2,1-5H3. The Morgan fingerprint density at radius 3 is 2.19 bits per heavy atom. The number of hydrogen-bond donors (Lipinski definition) is 2. The van der Waals surface area contributed by atoms with Gasteiger partial charge in [-0.2, -0.15) is 0 Å². The quantitative estimate of drug-likeness (QED) is 0.818. The van der Waals surface area contributed by atoms with Gasteiger partial charge in [-0.1, -0.05) is 6.07 Å². The van der Waals surface area contributed by atoms with E-state index in [1.165, 1.54) is 22.4 Å². The molecule has 0 radical (unpaired) electrons. The second-order valence-electron chi connectivity index (χ2n) is 5.42. The molecule has 0 aliphatic heterocycles. The maximum atomic E-state index is 5.95. The van der Waals surface area contributed by atoms with Crippen LogP contribution in [-0.4, -0.2) is 12.1 Å². The summed E-state index contributed by atoms with van der Waals surface area (Å²) in [5.74, 6) is 0. The fourth-order valence-electron chi connectivity index (χ4n) is 1.67. The zero-order chi connectivity index (χ0) is 12.3. The molecule has 0 amide bonds. The van der Waals surface area contributed by atoms with Gasteiger partial charge in [-0.05, 0) is 63.8 Å². The predicted molar refractivity (Wildman–Crippen MR) is 72.0 cm³/mol. The molecule has 2 nitrogen and oxygen atoms in total. The SMILES string of the molecule is Cc1cc(C)c(NCCC(C)(C)N)cc1C. The molecular weight excluding hydrogens is 196 g/mol. The lowest BCUT2D eigenvalue weighted by Crippen LogP contribution is -2.34. The van der Waals surface area contributed by atoms with Crippen molar-refractivity contribution < 1.29 is 0 Å². The first-order valence-corrected chi connectivity index (χ1v) is 5.90.